The molecule has 1 heterocycles. The van der Waals surface area contributed by atoms with Gasteiger partial charge >= 0.3 is 0 Å². The van der Waals surface area contributed by atoms with Crippen LogP contribution in [0, 0.1) is 0 Å². The van der Waals surface area contributed by atoms with Crippen LogP contribution in [0.1, 0.15) is 28.4 Å². The fourth-order valence-electron chi connectivity index (χ4n) is 3.11. The highest BCUT2D eigenvalue weighted by Gasteiger charge is 2.29. The van der Waals surface area contributed by atoms with Gasteiger partial charge in [-0.25, -0.2) is 0 Å². The normalized spacial score (nSPS) is 16.5. The summed E-state index contributed by atoms with van der Waals surface area (Å²) in [4.78, 5) is 14.8. The van der Waals surface area contributed by atoms with E-state index in [1.807, 2.05) is 24.3 Å². The highest BCUT2D eigenvalue weighted by atomic mass is 16.5. The maximum Gasteiger partial charge on any atom is 0.258 e. The van der Waals surface area contributed by atoms with Crippen LogP contribution in [0.5, 0.6) is 11.5 Å². The summed E-state index contributed by atoms with van der Waals surface area (Å²) in [6.45, 7) is 0.614. The molecular formula is C19H21NO4. The third-order valence-corrected chi connectivity index (χ3v) is 4.35. The molecule has 3 rings (SSSR count). The minimum atomic E-state index is -0.0574. The van der Waals surface area contributed by atoms with Crippen LogP contribution in [-0.2, 0) is 4.74 Å². The van der Waals surface area contributed by atoms with E-state index in [-0.39, 0.29) is 12.0 Å². The molecule has 0 saturated carbocycles. The van der Waals surface area contributed by atoms with Gasteiger partial charge in [0.2, 0.25) is 0 Å². The first-order valence-electron chi connectivity index (χ1n) is 7.85. The van der Waals surface area contributed by atoms with Gasteiger partial charge in [0.05, 0.1) is 20.3 Å². The molecule has 5 nitrogen and oxygen atoms in total. The molecule has 126 valence electrons. The van der Waals surface area contributed by atoms with E-state index in [1.54, 1.807) is 44.4 Å². The summed E-state index contributed by atoms with van der Waals surface area (Å²) >= 11 is 0. The lowest BCUT2D eigenvalue weighted by atomic mass is 9.98. The second-order valence-electron chi connectivity index (χ2n) is 5.60. The van der Waals surface area contributed by atoms with Crippen LogP contribution in [0.15, 0.2) is 42.5 Å². The predicted molar refractivity (Wildman–Crippen MR) is 92.0 cm³/mol. The molecule has 5 heteroatoms. The van der Waals surface area contributed by atoms with E-state index in [1.165, 1.54) is 0 Å². The van der Waals surface area contributed by atoms with Gasteiger partial charge in [-0.05, 0) is 30.7 Å². The van der Waals surface area contributed by atoms with Crippen molar-refractivity contribution in [2.45, 2.75) is 12.5 Å². The first-order chi connectivity index (χ1) is 11.7. The maximum absolute atomic E-state index is 13.0. The molecule has 1 unspecified atom stereocenters. The molecule has 0 N–H and O–H groups in total. The summed E-state index contributed by atoms with van der Waals surface area (Å²) < 4.78 is 16.1. The van der Waals surface area contributed by atoms with Gasteiger partial charge in [0, 0.05) is 30.5 Å². The molecule has 1 aliphatic rings. The molecule has 0 fully saturated rings. The van der Waals surface area contributed by atoms with E-state index in [9.17, 15) is 4.79 Å². The Bertz CT molecular complexity index is 744. The Morgan fingerprint density at radius 3 is 2.50 bits per heavy atom. The summed E-state index contributed by atoms with van der Waals surface area (Å²) in [5, 5.41) is 0. The lowest BCUT2D eigenvalue weighted by molar-refractivity contribution is 0.0868. The first kappa shape index (κ1) is 16.3. The van der Waals surface area contributed by atoms with E-state index in [0.717, 1.165) is 17.7 Å². The van der Waals surface area contributed by atoms with Gasteiger partial charge in [0.15, 0.2) is 11.5 Å². The molecule has 1 aliphatic heterocycles. The summed E-state index contributed by atoms with van der Waals surface area (Å²) in [6, 6.07) is 13.1. The molecule has 1 amide bonds. The van der Waals surface area contributed by atoms with Crippen LogP contribution in [0.3, 0.4) is 0 Å². The van der Waals surface area contributed by atoms with Gasteiger partial charge in [0.1, 0.15) is 0 Å². The number of methoxy groups -OCH3 is 3. The zero-order valence-electron chi connectivity index (χ0n) is 14.1. The van der Waals surface area contributed by atoms with E-state index < -0.39 is 0 Å². The van der Waals surface area contributed by atoms with Crippen molar-refractivity contribution >= 4 is 11.6 Å². The molecule has 0 aromatic heterocycles. The molecule has 0 spiro atoms. The Morgan fingerprint density at radius 2 is 1.79 bits per heavy atom. The van der Waals surface area contributed by atoms with Crippen molar-refractivity contribution in [3.63, 3.8) is 0 Å². The summed E-state index contributed by atoms with van der Waals surface area (Å²) in [7, 11) is 4.84. The average molecular weight is 327 g/mol. The number of fused-ring (bicyclic) bond motifs is 1. The third kappa shape index (κ3) is 2.83. The SMILES string of the molecule is COc1ccc(C(=O)N2CCC(OC)c3ccccc32)cc1OC. The molecule has 24 heavy (non-hydrogen) atoms. The number of carbonyl (C=O) groups excluding carboxylic acids is 1. The number of carbonyl (C=O) groups is 1. The minimum Gasteiger partial charge on any atom is -0.493 e. The van der Waals surface area contributed by atoms with Gasteiger partial charge in [-0.2, -0.15) is 0 Å². The van der Waals surface area contributed by atoms with E-state index in [0.29, 0.717) is 23.6 Å². The number of amides is 1. The molecule has 2 aromatic rings. The van der Waals surface area contributed by atoms with Crippen molar-refractivity contribution in [1.29, 1.82) is 0 Å². The van der Waals surface area contributed by atoms with Crippen LogP contribution >= 0.6 is 0 Å². The highest BCUT2D eigenvalue weighted by Crippen LogP contribution is 2.37. The Morgan fingerprint density at radius 1 is 1.04 bits per heavy atom. The fourth-order valence-corrected chi connectivity index (χ4v) is 3.11. The monoisotopic (exact) mass is 327 g/mol. The van der Waals surface area contributed by atoms with E-state index in [4.69, 9.17) is 14.2 Å². The van der Waals surface area contributed by atoms with Gasteiger partial charge in [0.25, 0.3) is 5.91 Å². The molecule has 0 bridgehead atoms. The number of rotatable bonds is 4. The van der Waals surface area contributed by atoms with E-state index >= 15 is 0 Å². The molecule has 1 atom stereocenters. The van der Waals surface area contributed by atoms with Crippen molar-refractivity contribution in [2.75, 3.05) is 32.8 Å². The quantitative estimate of drug-likeness (QED) is 0.863. The van der Waals surface area contributed by atoms with Crippen LogP contribution in [0.2, 0.25) is 0 Å². The van der Waals surface area contributed by atoms with Crippen LogP contribution < -0.4 is 14.4 Å². The van der Waals surface area contributed by atoms with Gasteiger partial charge in [-0.15, -0.1) is 0 Å². The minimum absolute atomic E-state index is 0.0238. The third-order valence-electron chi connectivity index (χ3n) is 4.35. The van der Waals surface area contributed by atoms with Crippen molar-refractivity contribution in [3.8, 4) is 11.5 Å². The molecule has 2 aromatic carbocycles. The highest BCUT2D eigenvalue weighted by molar-refractivity contribution is 6.07. The Labute approximate surface area is 141 Å². The Hall–Kier alpha value is -2.53. The van der Waals surface area contributed by atoms with Crippen molar-refractivity contribution < 1.29 is 19.0 Å². The maximum atomic E-state index is 13.0. The topological polar surface area (TPSA) is 48.0 Å². The number of nitrogens with zero attached hydrogens (tertiary/aromatic N) is 1. The van der Waals surface area contributed by atoms with Gasteiger partial charge < -0.3 is 19.1 Å². The molecule has 0 radical (unpaired) electrons. The largest absolute Gasteiger partial charge is 0.493 e. The smallest absolute Gasteiger partial charge is 0.258 e. The predicted octanol–water partition coefficient (Wildman–Crippen LogP) is 3.44. The number of hydrogen-bond acceptors (Lipinski definition) is 4. The zero-order valence-corrected chi connectivity index (χ0v) is 14.1. The number of para-hydroxylation sites is 1. The molecule has 0 saturated heterocycles. The van der Waals surface area contributed by atoms with E-state index in [2.05, 4.69) is 0 Å². The second kappa shape index (κ2) is 6.93. The first-order valence-corrected chi connectivity index (χ1v) is 7.85. The zero-order chi connectivity index (χ0) is 17.1. The average Bonchev–Trinajstić information content (AvgIpc) is 2.65. The summed E-state index contributed by atoms with van der Waals surface area (Å²) in [5.74, 6) is 1.09. The van der Waals surface area contributed by atoms with Crippen molar-refractivity contribution in [2.24, 2.45) is 0 Å². The van der Waals surface area contributed by atoms with Gasteiger partial charge in [-0.3, -0.25) is 4.79 Å². The van der Waals surface area contributed by atoms with Crippen molar-refractivity contribution in [1.82, 2.24) is 0 Å². The lowest BCUT2D eigenvalue weighted by Crippen LogP contribution is -2.37. The Balaban J connectivity index is 1.96. The summed E-state index contributed by atoms with van der Waals surface area (Å²) in [6.07, 6.45) is 0.794. The lowest BCUT2D eigenvalue weighted by Gasteiger charge is -2.33. The molecular weight excluding hydrogens is 306 g/mol. The summed E-state index contributed by atoms with van der Waals surface area (Å²) in [5.41, 5.74) is 2.51. The number of hydrogen-bond donors (Lipinski definition) is 0. The standard InChI is InChI=1S/C19H21NO4/c1-22-16-10-11-20(15-7-5-4-6-14(15)16)19(21)13-8-9-17(23-2)18(12-13)24-3/h4-9,12,16H,10-11H2,1-3H3. The van der Waals surface area contributed by atoms with Gasteiger partial charge in [-0.1, -0.05) is 18.2 Å². The van der Waals surface area contributed by atoms with Crippen LogP contribution in [0.4, 0.5) is 5.69 Å². The number of benzene rings is 2. The number of anilines is 1. The second-order valence-corrected chi connectivity index (χ2v) is 5.60. The number of ether oxygens (including phenoxy) is 3. The fraction of sp³-hybridized carbons (Fsp3) is 0.316. The van der Waals surface area contributed by atoms with Crippen LogP contribution in [-0.4, -0.2) is 33.8 Å². The Kier molecular flexibility index (Phi) is 4.71. The van der Waals surface area contributed by atoms with Crippen molar-refractivity contribution in [3.05, 3.63) is 53.6 Å². The van der Waals surface area contributed by atoms with Crippen LogP contribution in [0.25, 0.3) is 0 Å². The molecule has 0 aliphatic carbocycles.